The molecule has 0 saturated heterocycles. The monoisotopic (exact) mass is 409 g/mol. The lowest BCUT2D eigenvalue weighted by atomic mass is 10.1. The van der Waals surface area contributed by atoms with E-state index in [4.69, 9.17) is 14.2 Å². The molecule has 0 atom stereocenters. The molecule has 0 aliphatic heterocycles. The molecule has 0 bridgehead atoms. The molecule has 1 amide bonds. The molecular weight excluding hydrogens is 386 g/mol. The minimum Gasteiger partial charge on any atom is -0.497 e. The van der Waals surface area contributed by atoms with E-state index in [0.717, 1.165) is 11.3 Å². The van der Waals surface area contributed by atoms with Gasteiger partial charge >= 0.3 is 0 Å². The quantitative estimate of drug-likeness (QED) is 0.614. The fourth-order valence-electron chi connectivity index (χ4n) is 2.89. The summed E-state index contributed by atoms with van der Waals surface area (Å²) in [5.74, 6) is 1.41. The van der Waals surface area contributed by atoms with Crippen LogP contribution < -0.4 is 25.1 Å². The van der Waals surface area contributed by atoms with E-state index < -0.39 is 0 Å². The van der Waals surface area contributed by atoms with Crippen molar-refractivity contribution in [1.82, 2.24) is 14.9 Å². The van der Waals surface area contributed by atoms with Gasteiger partial charge in [-0.3, -0.25) is 14.2 Å². The third-order valence-electron chi connectivity index (χ3n) is 4.55. The van der Waals surface area contributed by atoms with Crippen LogP contribution in [-0.4, -0.2) is 43.3 Å². The van der Waals surface area contributed by atoms with Crippen molar-refractivity contribution in [2.24, 2.45) is 0 Å². The Labute approximate surface area is 174 Å². The van der Waals surface area contributed by atoms with Gasteiger partial charge in [-0.2, -0.15) is 0 Å². The Hall–Kier alpha value is -3.81. The molecule has 0 saturated carbocycles. The van der Waals surface area contributed by atoms with Crippen LogP contribution in [0.25, 0.3) is 11.3 Å². The molecule has 0 fully saturated rings. The maximum atomic E-state index is 12.5. The zero-order valence-electron chi connectivity index (χ0n) is 17.0. The average Bonchev–Trinajstić information content (AvgIpc) is 2.79. The number of nitrogens with zero attached hydrogens (tertiary/aromatic N) is 2. The molecule has 0 aliphatic carbocycles. The summed E-state index contributed by atoms with van der Waals surface area (Å²) in [6.45, 7) is 0.537. The van der Waals surface area contributed by atoms with Gasteiger partial charge in [0.15, 0.2) is 0 Å². The highest BCUT2D eigenvalue weighted by Gasteiger charge is 2.13. The second-order valence-corrected chi connectivity index (χ2v) is 6.36. The van der Waals surface area contributed by atoms with E-state index in [1.807, 2.05) is 24.3 Å². The van der Waals surface area contributed by atoms with E-state index in [9.17, 15) is 9.59 Å². The molecule has 1 aromatic heterocycles. The van der Waals surface area contributed by atoms with E-state index in [1.54, 1.807) is 25.3 Å². The number of carbonyl (C=O) groups is 1. The first-order valence-corrected chi connectivity index (χ1v) is 9.27. The maximum absolute atomic E-state index is 12.5. The third kappa shape index (κ3) is 4.78. The number of nitrogens with one attached hydrogen (secondary N) is 1. The standard InChI is InChI=1S/C22H23N3O5/c1-28-16-6-4-15(5-7-16)19-13-21(26)25(14-24-19)11-10-23-22(27)18-12-17(29-2)8-9-20(18)30-3/h4-9,12-14H,10-11H2,1-3H3,(H,23,27). The van der Waals surface area contributed by atoms with Gasteiger partial charge in [-0.05, 0) is 42.5 Å². The molecule has 8 heteroatoms. The summed E-state index contributed by atoms with van der Waals surface area (Å²) in [7, 11) is 4.62. The second kappa shape index (κ2) is 9.60. The zero-order valence-corrected chi connectivity index (χ0v) is 17.0. The highest BCUT2D eigenvalue weighted by molar-refractivity contribution is 5.97. The summed E-state index contributed by atoms with van der Waals surface area (Å²) in [5.41, 5.74) is 1.55. The first kappa shape index (κ1) is 20.9. The Morgan fingerprint density at radius 2 is 1.67 bits per heavy atom. The van der Waals surface area contributed by atoms with Crippen LogP contribution in [0.3, 0.4) is 0 Å². The van der Waals surface area contributed by atoms with Crippen LogP contribution in [0.4, 0.5) is 0 Å². The van der Waals surface area contributed by atoms with Crippen molar-refractivity contribution in [3.63, 3.8) is 0 Å². The van der Waals surface area contributed by atoms with Crippen LogP contribution in [0.15, 0.2) is 59.7 Å². The number of amides is 1. The van der Waals surface area contributed by atoms with Gasteiger partial charge in [0.1, 0.15) is 17.2 Å². The summed E-state index contributed by atoms with van der Waals surface area (Å²) >= 11 is 0. The topological polar surface area (TPSA) is 91.7 Å². The lowest BCUT2D eigenvalue weighted by Gasteiger charge is -2.11. The minimum atomic E-state index is -0.318. The van der Waals surface area contributed by atoms with Crippen LogP contribution >= 0.6 is 0 Å². The summed E-state index contributed by atoms with van der Waals surface area (Å²) in [6.07, 6.45) is 1.47. The molecule has 0 spiro atoms. The van der Waals surface area contributed by atoms with Crippen LogP contribution in [0.5, 0.6) is 17.2 Å². The molecule has 3 aromatic rings. The van der Waals surface area contributed by atoms with Crippen molar-refractivity contribution in [3.8, 4) is 28.5 Å². The fraction of sp³-hybridized carbons (Fsp3) is 0.227. The SMILES string of the molecule is COc1ccc(-c2cc(=O)n(CCNC(=O)c3cc(OC)ccc3OC)cn2)cc1. The lowest BCUT2D eigenvalue weighted by Crippen LogP contribution is -2.31. The third-order valence-corrected chi connectivity index (χ3v) is 4.55. The number of aromatic nitrogens is 2. The van der Waals surface area contributed by atoms with Crippen molar-refractivity contribution in [1.29, 1.82) is 0 Å². The number of ether oxygens (including phenoxy) is 3. The van der Waals surface area contributed by atoms with Gasteiger partial charge in [-0.1, -0.05) is 0 Å². The number of hydrogen-bond acceptors (Lipinski definition) is 6. The maximum Gasteiger partial charge on any atom is 0.255 e. The molecule has 2 aromatic carbocycles. The molecular formula is C22H23N3O5. The number of hydrogen-bond donors (Lipinski definition) is 1. The first-order chi connectivity index (χ1) is 14.5. The van der Waals surface area contributed by atoms with Crippen molar-refractivity contribution in [2.45, 2.75) is 6.54 Å². The van der Waals surface area contributed by atoms with Gasteiger partial charge < -0.3 is 19.5 Å². The first-order valence-electron chi connectivity index (χ1n) is 9.27. The molecule has 8 nitrogen and oxygen atoms in total. The minimum absolute atomic E-state index is 0.205. The molecule has 0 radical (unpaired) electrons. The summed E-state index contributed by atoms with van der Waals surface area (Å²) < 4.78 is 17.0. The Bertz CT molecular complexity index is 1080. The molecule has 3 rings (SSSR count). The Kier molecular flexibility index (Phi) is 6.69. The van der Waals surface area contributed by atoms with Crippen molar-refractivity contribution in [3.05, 3.63) is 70.8 Å². The van der Waals surface area contributed by atoms with Gasteiger partial charge in [0.05, 0.1) is 38.9 Å². The molecule has 0 aliphatic rings. The van der Waals surface area contributed by atoms with Crippen LogP contribution in [0, 0.1) is 0 Å². The molecule has 0 unspecified atom stereocenters. The average molecular weight is 409 g/mol. The zero-order chi connectivity index (χ0) is 21.5. The second-order valence-electron chi connectivity index (χ2n) is 6.36. The number of benzene rings is 2. The van der Waals surface area contributed by atoms with Gasteiger partial charge in [-0.15, -0.1) is 0 Å². The van der Waals surface area contributed by atoms with Crippen molar-refractivity contribution >= 4 is 5.91 Å². The highest BCUT2D eigenvalue weighted by atomic mass is 16.5. The largest absolute Gasteiger partial charge is 0.497 e. The number of methoxy groups -OCH3 is 3. The summed E-state index contributed by atoms with van der Waals surface area (Å²) in [5, 5.41) is 2.78. The van der Waals surface area contributed by atoms with Crippen molar-refractivity contribution in [2.75, 3.05) is 27.9 Å². The van der Waals surface area contributed by atoms with E-state index >= 15 is 0 Å². The van der Waals surface area contributed by atoms with Crippen LogP contribution in [-0.2, 0) is 6.54 Å². The molecule has 1 heterocycles. The van der Waals surface area contributed by atoms with Gasteiger partial charge in [0, 0.05) is 24.7 Å². The number of rotatable bonds is 8. The van der Waals surface area contributed by atoms with Gasteiger partial charge in [0.25, 0.3) is 11.5 Å². The normalized spacial score (nSPS) is 10.4. The van der Waals surface area contributed by atoms with E-state index in [1.165, 1.54) is 31.2 Å². The van der Waals surface area contributed by atoms with E-state index in [-0.39, 0.29) is 24.6 Å². The molecule has 1 N–H and O–H groups in total. The predicted octanol–water partition coefficient (Wildman–Crippen LogP) is 2.37. The Morgan fingerprint density at radius 3 is 2.30 bits per heavy atom. The van der Waals surface area contributed by atoms with E-state index in [0.29, 0.717) is 22.8 Å². The predicted molar refractivity (Wildman–Crippen MR) is 112 cm³/mol. The summed E-state index contributed by atoms with van der Waals surface area (Å²) in [4.78, 5) is 29.3. The summed E-state index contributed by atoms with van der Waals surface area (Å²) in [6, 6.07) is 13.8. The van der Waals surface area contributed by atoms with Gasteiger partial charge in [0.2, 0.25) is 0 Å². The van der Waals surface area contributed by atoms with Crippen molar-refractivity contribution < 1.29 is 19.0 Å². The Morgan fingerprint density at radius 1 is 0.967 bits per heavy atom. The van der Waals surface area contributed by atoms with Gasteiger partial charge in [-0.25, -0.2) is 4.98 Å². The molecule has 156 valence electrons. The van der Waals surface area contributed by atoms with E-state index in [2.05, 4.69) is 10.3 Å². The smallest absolute Gasteiger partial charge is 0.255 e. The fourth-order valence-corrected chi connectivity index (χ4v) is 2.89. The van der Waals surface area contributed by atoms with Crippen LogP contribution in [0.2, 0.25) is 0 Å². The van der Waals surface area contributed by atoms with Crippen LogP contribution in [0.1, 0.15) is 10.4 Å². The highest BCUT2D eigenvalue weighted by Crippen LogP contribution is 2.23. The lowest BCUT2D eigenvalue weighted by molar-refractivity contribution is 0.0948. The Balaban J connectivity index is 1.65. The molecule has 30 heavy (non-hydrogen) atoms. The number of carbonyl (C=O) groups excluding carboxylic acids is 1.